The molecule has 1 aromatic carbocycles. The predicted octanol–water partition coefficient (Wildman–Crippen LogP) is 3.60. The van der Waals surface area contributed by atoms with Gasteiger partial charge in [0, 0.05) is 30.9 Å². The number of nitrogens with zero attached hydrogens (tertiary/aromatic N) is 2. The number of rotatable bonds is 7. The van der Waals surface area contributed by atoms with E-state index in [1.807, 2.05) is 24.3 Å². The second kappa shape index (κ2) is 8.13. The maximum Gasteiger partial charge on any atom is 0.213 e. The predicted molar refractivity (Wildman–Crippen MR) is 119 cm³/mol. The van der Waals surface area contributed by atoms with Crippen LogP contribution in [0.15, 0.2) is 42.6 Å². The molecule has 2 fully saturated rings. The highest BCUT2D eigenvalue weighted by atomic mass is 16.6. The summed E-state index contributed by atoms with van der Waals surface area (Å²) < 4.78 is 22.8. The van der Waals surface area contributed by atoms with Crippen LogP contribution in [0.4, 0.5) is 0 Å². The lowest BCUT2D eigenvalue weighted by atomic mass is 10.1. The van der Waals surface area contributed by atoms with Gasteiger partial charge in [-0.15, -0.1) is 0 Å². The first kappa shape index (κ1) is 19.6. The average molecular weight is 434 g/mol. The van der Waals surface area contributed by atoms with Gasteiger partial charge in [0.05, 0.1) is 19.2 Å². The lowest BCUT2D eigenvalue weighted by Gasteiger charge is -2.20. The fraction of sp³-hybridized carbons (Fsp3) is 0.440. The van der Waals surface area contributed by atoms with E-state index in [1.165, 1.54) is 18.4 Å². The molecule has 3 aromatic rings. The van der Waals surface area contributed by atoms with Crippen molar-refractivity contribution < 1.29 is 18.9 Å². The van der Waals surface area contributed by atoms with Gasteiger partial charge < -0.3 is 24.3 Å². The number of methoxy groups -OCH3 is 1. The van der Waals surface area contributed by atoms with Crippen LogP contribution in [0.2, 0.25) is 0 Å². The van der Waals surface area contributed by atoms with Crippen molar-refractivity contribution in [2.75, 3.05) is 26.9 Å². The van der Waals surface area contributed by atoms with Crippen molar-refractivity contribution in [3.8, 4) is 23.1 Å². The van der Waals surface area contributed by atoms with Crippen LogP contribution in [0, 0.1) is 17.8 Å². The highest BCUT2D eigenvalue weighted by molar-refractivity contribution is 5.81. The summed E-state index contributed by atoms with van der Waals surface area (Å²) in [4.78, 5) is 8.89. The topological polar surface area (TPSA) is 74.7 Å². The van der Waals surface area contributed by atoms with Crippen molar-refractivity contribution >= 4 is 11.0 Å². The molecule has 2 saturated carbocycles. The van der Waals surface area contributed by atoms with Crippen LogP contribution in [-0.2, 0) is 6.54 Å². The molecule has 0 amide bonds. The molecule has 3 aliphatic rings. The second-order valence-electron chi connectivity index (χ2n) is 8.86. The highest BCUT2D eigenvalue weighted by Crippen LogP contribution is 2.57. The van der Waals surface area contributed by atoms with Crippen molar-refractivity contribution in [2.24, 2.45) is 17.8 Å². The Morgan fingerprint density at radius 1 is 1.03 bits per heavy atom. The number of aromatic nitrogens is 2. The van der Waals surface area contributed by atoms with Gasteiger partial charge in [-0.2, -0.15) is 0 Å². The van der Waals surface area contributed by atoms with Crippen LogP contribution < -0.4 is 24.3 Å². The summed E-state index contributed by atoms with van der Waals surface area (Å²) in [5.41, 5.74) is 2.82. The van der Waals surface area contributed by atoms with Crippen LogP contribution in [-0.4, -0.2) is 42.9 Å². The molecule has 6 rings (SSSR count). The van der Waals surface area contributed by atoms with E-state index in [-0.39, 0.29) is 0 Å². The zero-order chi connectivity index (χ0) is 21.5. The molecule has 2 aromatic heterocycles. The van der Waals surface area contributed by atoms with Crippen LogP contribution in [0.5, 0.6) is 23.1 Å². The van der Waals surface area contributed by atoms with Crippen molar-refractivity contribution in [1.29, 1.82) is 0 Å². The van der Waals surface area contributed by atoms with E-state index in [9.17, 15) is 0 Å². The highest BCUT2D eigenvalue weighted by Gasteiger charge is 2.56. The van der Waals surface area contributed by atoms with E-state index >= 15 is 0 Å². The monoisotopic (exact) mass is 433 g/mol. The molecular formula is C25H27N3O4. The lowest BCUT2D eigenvalue weighted by molar-refractivity contribution is 0.171. The van der Waals surface area contributed by atoms with Gasteiger partial charge in [-0.1, -0.05) is 6.07 Å². The minimum atomic E-state index is 0.571. The molecule has 3 heterocycles. The standard InChI is InChI=1S/C25H27N3O4/c1-29-24-5-3-20-25(28-24)22(6-7-26-20)32-14-19-17-11-16(12-18(17)19)27-13-15-2-4-21-23(10-15)31-9-8-30-21/h2-7,10,16-19,27H,8-9,11-14H2,1H3/t16?,17-,18+,19+. The van der Waals surface area contributed by atoms with Gasteiger partial charge in [0.2, 0.25) is 5.88 Å². The number of pyridine rings is 2. The molecule has 7 nitrogen and oxygen atoms in total. The number of nitrogens with one attached hydrogen (secondary N) is 1. The summed E-state index contributed by atoms with van der Waals surface area (Å²) in [6.07, 6.45) is 4.20. The minimum Gasteiger partial charge on any atom is -0.491 e. The van der Waals surface area contributed by atoms with Crippen molar-refractivity contribution in [3.63, 3.8) is 0 Å². The third-order valence-corrected chi connectivity index (χ3v) is 6.99. The summed E-state index contributed by atoms with van der Waals surface area (Å²) in [6, 6.07) is 12.4. The number of hydrogen-bond acceptors (Lipinski definition) is 7. The first-order valence-corrected chi connectivity index (χ1v) is 11.3. The third kappa shape index (κ3) is 3.71. The van der Waals surface area contributed by atoms with Crippen molar-refractivity contribution in [1.82, 2.24) is 15.3 Å². The SMILES string of the molecule is COc1ccc2nccc(OC[C@@H]3[C@H]4CC(NCc5ccc6c(c5)OCCO6)C[C@@H]34)c2n1. The molecule has 0 radical (unpaired) electrons. The summed E-state index contributed by atoms with van der Waals surface area (Å²) in [6.45, 7) is 2.85. The number of benzene rings is 1. The third-order valence-electron chi connectivity index (χ3n) is 6.99. The van der Waals surface area contributed by atoms with Crippen molar-refractivity contribution in [2.45, 2.75) is 25.4 Å². The van der Waals surface area contributed by atoms with Crippen LogP contribution in [0.25, 0.3) is 11.0 Å². The molecule has 4 atom stereocenters. The largest absolute Gasteiger partial charge is 0.491 e. The van der Waals surface area contributed by atoms with Gasteiger partial charge in [-0.25, -0.2) is 4.98 Å². The molecule has 1 unspecified atom stereocenters. The Kier molecular flexibility index (Phi) is 4.98. The summed E-state index contributed by atoms with van der Waals surface area (Å²) >= 11 is 0. The lowest BCUT2D eigenvalue weighted by Crippen LogP contribution is -2.28. The van der Waals surface area contributed by atoms with Gasteiger partial charge >= 0.3 is 0 Å². The second-order valence-corrected chi connectivity index (χ2v) is 8.86. The zero-order valence-electron chi connectivity index (χ0n) is 18.1. The fourth-order valence-electron chi connectivity index (χ4n) is 5.25. The van der Waals surface area contributed by atoms with E-state index in [0.717, 1.165) is 53.3 Å². The quantitative estimate of drug-likeness (QED) is 0.610. The van der Waals surface area contributed by atoms with E-state index in [1.54, 1.807) is 13.3 Å². The normalized spacial score (nSPS) is 25.4. The number of fused-ring (bicyclic) bond motifs is 3. The van der Waals surface area contributed by atoms with Crippen molar-refractivity contribution in [3.05, 3.63) is 48.2 Å². The maximum absolute atomic E-state index is 6.19. The Morgan fingerprint density at radius 2 is 1.88 bits per heavy atom. The summed E-state index contributed by atoms with van der Waals surface area (Å²) in [7, 11) is 1.62. The smallest absolute Gasteiger partial charge is 0.213 e. The molecule has 0 bridgehead atoms. The van der Waals surface area contributed by atoms with E-state index < -0.39 is 0 Å². The molecular weight excluding hydrogens is 406 g/mol. The fourth-order valence-corrected chi connectivity index (χ4v) is 5.25. The Labute approximate surface area is 187 Å². The number of ether oxygens (including phenoxy) is 4. The average Bonchev–Trinajstić information content (AvgIpc) is 3.29. The Balaban J connectivity index is 1.01. The minimum absolute atomic E-state index is 0.571. The van der Waals surface area contributed by atoms with E-state index in [2.05, 4.69) is 27.4 Å². The Hall–Kier alpha value is -3.06. The molecule has 32 heavy (non-hydrogen) atoms. The van der Waals surface area contributed by atoms with Gasteiger partial charge in [0.1, 0.15) is 24.5 Å². The first-order chi connectivity index (χ1) is 15.8. The molecule has 0 saturated heterocycles. The molecule has 1 N–H and O–H groups in total. The summed E-state index contributed by atoms with van der Waals surface area (Å²) in [5.74, 6) is 5.21. The Morgan fingerprint density at radius 3 is 2.72 bits per heavy atom. The van der Waals surface area contributed by atoms with Crippen LogP contribution in [0.1, 0.15) is 18.4 Å². The molecule has 1 aliphatic heterocycles. The molecule has 2 aliphatic carbocycles. The van der Waals surface area contributed by atoms with Gasteiger partial charge in [-0.3, -0.25) is 4.98 Å². The summed E-state index contributed by atoms with van der Waals surface area (Å²) in [5, 5.41) is 3.73. The van der Waals surface area contributed by atoms with Gasteiger partial charge in [0.25, 0.3) is 0 Å². The maximum atomic E-state index is 6.19. The van der Waals surface area contributed by atoms with E-state index in [0.29, 0.717) is 31.1 Å². The molecule has 0 spiro atoms. The molecule has 166 valence electrons. The van der Waals surface area contributed by atoms with Gasteiger partial charge in [0.15, 0.2) is 11.5 Å². The van der Waals surface area contributed by atoms with Gasteiger partial charge in [-0.05, 0) is 54.4 Å². The van der Waals surface area contributed by atoms with Crippen LogP contribution in [0.3, 0.4) is 0 Å². The van der Waals surface area contributed by atoms with E-state index in [4.69, 9.17) is 18.9 Å². The Bertz CT molecular complexity index is 1130. The zero-order valence-corrected chi connectivity index (χ0v) is 18.1. The number of hydrogen-bond donors (Lipinski definition) is 1. The van der Waals surface area contributed by atoms with Crippen LogP contribution >= 0.6 is 0 Å². The first-order valence-electron chi connectivity index (χ1n) is 11.3. The molecule has 7 heteroatoms.